The monoisotopic (exact) mass is 343 g/mol. The topological polar surface area (TPSA) is 46.2 Å². The van der Waals surface area contributed by atoms with Crippen LogP contribution >= 0.6 is 23.2 Å². The molecule has 6 heteroatoms. The maximum atomic E-state index is 12.0. The Morgan fingerprint density at radius 3 is 2.29 bits per heavy atom. The second kappa shape index (κ2) is 7.27. The average Bonchev–Trinajstić information content (AvgIpc) is 2.45. The van der Waals surface area contributed by atoms with Gasteiger partial charge in [-0.05, 0) is 41.8 Å². The van der Waals surface area contributed by atoms with Crippen molar-refractivity contribution >= 4 is 33.2 Å². The van der Waals surface area contributed by atoms with Gasteiger partial charge in [0.1, 0.15) is 0 Å². The molecule has 0 aliphatic carbocycles. The van der Waals surface area contributed by atoms with Crippen molar-refractivity contribution in [2.45, 2.75) is 13.0 Å². The summed E-state index contributed by atoms with van der Waals surface area (Å²) in [6.07, 6.45) is 0.427. The molecule has 0 unspecified atom stereocenters. The first-order valence-corrected chi connectivity index (χ1v) is 8.82. The molecule has 112 valence electrons. The van der Waals surface area contributed by atoms with Gasteiger partial charge in [0.05, 0.1) is 5.75 Å². The molecule has 0 bridgehead atoms. The molecule has 2 aromatic rings. The number of rotatable bonds is 6. The van der Waals surface area contributed by atoms with Gasteiger partial charge in [0, 0.05) is 16.6 Å². The first-order valence-electron chi connectivity index (χ1n) is 6.41. The lowest BCUT2D eigenvalue weighted by atomic mass is 10.2. The van der Waals surface area contributed by atoms with Crippen molar-refractivity contribution in [2.75, 3.05) is 5.75 Å². The smallest absolute Gasteiger partial charge is 0.212 e. The molecule has 3 nitrogen and oxygen atoms in total. The lowest BCUT2D eigenvalue weighted by molar-refractivity contribution is 0.580. The normalized spacial score (nSPS) is 11.5. The maximum Gasteiger partial charge on any atom is 0.212 e. The van der Waals surface area contributed by atoms with E-state index in [2.05, 4.69) is 4.72 Å². The van der Waals surface area contributed by atoms with E-state index in [4.69, 9.17) is 23.2 Å². The third-order valence-corrected chi connectivity index (χ3v) is 4.77. The molecule has 0 aromatic heterocycles. The van der Waals surface area contributed by atoms with Crippen LogP contribution in [0, 0.1) is 0 Å². The Kier molecular flexibility index (Phi) is 5.65. The van der Waals surface area contributed by atoms with E-state index >= 15 is 0 Å². The Morgan fingerprint density at radius 2 is 1.62 bits per heavy atom. The van der Waals surface area contributed by atoms with E-state index in [1.54, 1.807) is 36.4 Å². The van der Waals surface area contributed by atoms with Gasteiger partial charge in [0.2, 0.25) is 10.0 Å². The van der Waals surface area contributed by atoms with E-state index in [0.29, 0.717) is 16.5 Å². The fourth-order valence-electron chi connectivity index (χ4n) is 1.81. The highest BCUT2D eigenvalue weighted by atomic mass is 35.5. The number of sulfonamides is 1. The summed E-state index contributed by atoms with van der Waals surface area (Å²) in [5.74, 6) is 0.0287. The molecule has 0 saturated carbocycles. The van der Waals surface area contributed by atoms with Crippen LogP contribution in [0.15, 0.2) is 48.5 Å². The fourth-order valence-corrected chi connectivity index (χ4v) is 3.19. The molecule has 0 saturated heterocycles. The van der Waals surface area contributed by atoms with Crippen molar-refractivity contribution in [1.29, 1.82) is 0 Å². The largest absolute Gasteiger partial charge is 0.212 e. The molecule has 21 heavy (non-hydrogen) atoms. The van der Waals surface area contributed by atoms with Crippen molar-refractivity contribution in [3.05, 3.63) is 69.7 Å². The van der Waals surface area contributed by atoms with Crippen molar-refractivity contribution < 1.29 is 8.42 Å². The van der Waals surface area contributed by atoms with Gasteiger partial charge < -0.3 is 0 Å². The van der Waals surface area contributed by atoms with Crippen LogP contribution in [-0.4, -0.2) is 14.2 Å². The Labute approximate surface area is 135 Å². The Morgan fingerprint density at radius 1 is 0.905 bits per heavy atom. The second-order valence-corrected chi connectivity index (χ2v) is 7.45. The summed E-state index contributed by atoms with van der Waals surface area (Å²) < 4.78 is 26.5. The van der Waals surface area contributed by atoms with Crippen molar-refractivity contribution in [3.63, 3.8) is 0 Å². The fraction of sp³-hybridized carbons (Fsp3) is 0.200. The van der Waals surface area contributed by atoms with Crippen molar-refractivity contribution in [3.8, 4) is 0 Å². The van der Waals surface area contributed by atoms with Gasteiger partial charge in [-0.1, -0.05) is 47.5 Å². The van der Waals surface area contributed by atoms with E-state index in [0.717, 1.165) is 11.1 Å². The predicted octanol–water partition coefficient (Wildman–Crippen LogP) is 3.66. The van der Waals surface area contributed by atoms with Gasteiger partial charge >= 0.3 is 0 Å². The average molecular weight is 344 g/mol. The quantitative estimate of drug-likeness (QED) is 0.869. The summed E-state index contributed by atoms with van der Waals surface area (Å²) in [4.78, 5) is 0. The summed E-state index contributed by atoms with van der Waals surface area (Å²) in [7, 11) is -3.33. The number of aryl methyl sites for hydroxylation is 1. The zero-order valence-corrected chi connectivity index (χ0v) is 13.5. The van der Waals surface area contributed by atoms with E-state index in [-0.39, 0.29) is 12.3 Å². The molecule has 2 rings (SSSR count). The first-order chi connectivity index (χ1) is 9.94. The molecule has 0 atom stereocenters. The molecule has 1 N–H and O–H groups in total. The van der Waals surface area contributed by atoms with Gasteiger partial charge in [-0.15, -0.1) is 0 Å². The number of benzene rings is 2. The zero-order chi connectivity index (χ0) is 15.3. The zero-order valence-electron chi connectivity index (χ0n) is 11.2. The third-order valence-electron chi connectivity index (χ3n) is 2.96. The third kappa shape index (κ3) is 5.67. The van der Waals surface area contributed by atoms with E-state index in [1.807, 2.05) is 12.1 Å². The lowest BCUT2D eigenvalue weighted by Crippen LogP contribution is -2.26. The molecule has 2 aromatic carbocycles. The summed E-state index contributed by atoms with van der Waals surface area (Å²) in [6, 6.07) is 14.3. The van der Waals surface area contributed by atoms with Crippen LogP contribution in [0.5, 0.6) is 0 Å². The number of hydrogen-bond acceptors (Lipinski definition) is 2. The standard InChI is InChI=1S/C15H15Cl2NO2S/c16-14-6-4-13(5-7-14)11-18-21(19,20)9-8-12-2-1-3-15(17)10-12/h1-7,10,18H,8-9,11H2. The molecule has 0 aliphatic heterocycles. The molecule has 0 radical (unpaired) electrons. The minimum absolute atomic E-state index is 0.0287. The van der Waals surface area contributed by atoms with Gasteiger partial charge in [0.25, 0.3) is 0 Å². The van der Waals surface area contributed by atoms with Gasteiger partial charge in [-0.2, -0.15) is 0 Å². The first kappa shape index (κ1) is 16.3. The van der Waals surface area contributed by atoms with E-state index < -0.39 is 10.0 Å². The number of nitrogens with one attached hydrogen (secondary N) is 1. The molecule has 0 aliphatic rings. The highest BCUT2D eigenvalue weighted by Crippen LogP contribution is 2.12. The summed E-state index contributed by atoms with van der Waals surface area (Å²) in [5, 5.41) is 1.24. The van der Waals surface area contributed by atoms with Gasteiger partial charge in [0.15, 0.2) is 0 Å². The molecule has 0 amide bonds. The predicted molar refractivity (Wildman–Crippen MR) is 87.2 cm³/mol. The minimum Gasteiger partial charge on any atom is -0.212 e. The molecule has 0 heterocycles. The summed E-state index contributed by atoms with van der Waals surface area (Å²) in [6.45, 7) is 0.259. The van der Waals surface area contributed by atoms with Gasteiger partial charge in [-0.3, -0.25) is 0 Å². The van der Waals surface area contributed by atoms with Crippen LogP contribution in [0.2, 0.25) is 10.0 Å². The highest BCUT2D eigenvalue weighted by Gasteiger charge is 2.10. The van der Waals surface area contributed by atoms with Crippen LogP contribution in [0.1, 0.15) is 11.1 Å². The number of halogens is 2. The molecule has 0 spiro atoms. The minimum atomic E-state index is -3.33. The summed E-state index contributed by atoms with van der Waals surface area (Å²) >= 11 is 11.7. The van der Waals surface area contributed by atoms with Crippen LogP contribution in [0.3, 0.4) is 0 Å². The maximum absolute atomic E-state index is 12.0. The Hall–Kier alpha value is -1.07. The van der Waals surface area contributed by atoms with Crippen LogP contribution in [-0.2, 0) is 23.0 Å². The second-order valence-electron chi connectivity index (χ2n) is 4.65. The number of hydrogen-bond donors (Lipinski definition) is 1. The molecular weight excluding hydrogens is 329 g/mol. The van der Waals surface area contributed by atoms with E-state index in [1.165, 1.54) is 0 Å². The van der Waals surface area contributed by atoms with Crippen LogP contribution in [0.4, 0.5) is 0 Å². The van der Waals surface area contributed by atoms with Crippen molar-refractivity contribution in [2.24, 2.45) is 0 Å². The van der Waals surface area contributed by atoms with Crippen molar-refractivity contribution in [1.82, 2.24) is 4.72 Å². The highest BCUT2D eigenvalue weighted by molar-refractivity contribution is 7.89. The SMILES string of the molecule is O=S(=O)(CCc1cccc(Cl)c1)NCc1ccc(Cl)cc1. The molecule has 0 fully saturated rings. The van der Waals surface area contributed by atoms with Gasteiger partial charge in [-0.25, -0.2) is 13.1 Å². The lowest BCUT2D eigenvalue weighted by Gasteiger charge is -2.07. The van der Waals surface area contributed by atoms with Crippen LogP contribution in [0.25, 0.3) is 0 Å². The van der Waals surface area contributed by atoms with E-state index in [9.17, 15) is 8.42 Å². The Bertz CT molecular complexity index is 700. The Balaban J connectivity index is 1.88. The summed E-state index contributed by atoms with van der Waals surface area (Å²) in [5.41, 5.74) is 1.77. The molecular formula is C15H15Cl2NO2S. The van der Waals surface area contributed by atoms with Crippen LogP contribution < -0.4 is 4.72 Å².